The van der Waals surface area contributed by atoms with E-state index in [4.69, 9.17) is 9.47 Å². The molecule has 2 rings (SSSR count). The van der Waals surface area contributed by atoms with E-state index in [1.165, 1.54) is 14.2 Å². The number of aliphatic hydroxyl groups is 6. The van der Waals surface area contributed by atoms with Gasteiger partial charge >= 0.3 is 0 Å². The summed E-state index contributed by atoms with van der Waals surface area (Å²) in [6, 6.07) is 13.6. The van der Waals surface area contributed by atoms with Crippen molar-refractivity contribution < 1.29 is 40.1 Å². The third-order valence-corrected chi connectivity index (χ3v) is 5.99. The zero-order chi connectivity index (χ0) is 24.6. The van der Waals surface area contributed by atoms with Crippen molar-refractivity contribution in [3.8, 4) is 11.5 Å². The summed E-state index contributed by atoms with van der Waals surface area (Å²) in [4.78, 5) is 0. The smallest absolute Gasteiger partial charge is 0.126 e. The first-order valence-electron chi connectivity index (χ1n) is 11.0. The van der Waals surface area contributed by atoms with Crippen molar-refractivity contribution in [2.75, 3.05) is 20.8 Å². The minimum Gasteiger partial charge on any atom is -0.497 e. The van der Waals surface area contributed by atoms with E-state index in [0.29, 0.717) is 29.0 Å². The molecule has 0 aliphatic heterocycles. The lowest BCUT2D eigenvalue weighted by Crippen LogP contribution is -2.66. The molecule has 0 saturated carbocycles. The maximum absolute atomic E-state index is 11.6. The summed E-state index contributed by atoms with van der Waals surface area (Å²) < 4.78 is 10.4. The van der Waals surface area contributed by atoms with E-state index < -0.39 is 36.1 Å². The normalized spacial score (nSPS) is 18.0. The average Bonchev–Trinajstić information content (AvgIpc) is 2.82. The molecule has 2 aromatic carbocycles. The summed E-state index contributed by atoms with van der Waals surface area (Å²) >= 11 is 0. The van der Waals surface area contributed by atoms with Crippen LogP contribution in [0.25, 0.3) is 0 Å². The molecular weight excluding hydrogens is 428 g/mol. The molecule has 0 saturated heterocycles. The molecule has 2 aromatic rings. The quantitative estimate of drug-likeness (QED) is 0.256. The van der Waals surface area contributed by atoms with Gasteiger partial charge in [0.15, 0.2) is 0 Å². The number of rotatable bonds is 13. The lowest BCUT2D eigenvalue weighted by atomic mass is 9.71. The first-order valence-corrected chi connectivity index (χ1v) is 11.0. The van der Waals surface area contributed by atoms with Gasteiger partial charge in [-0.3, -0.25) is 0 Å². The second-order valence-corrected chi connectivity index (χ2v) is 8.50. The predicted octanol–water partition coefficient (Wildman–Crippen LogP) is 0.826. The van der Waals surface area contributed by atoms with Crippen LogP contribution in [0, 0.1) is 0 Å². The maximum atomic E-state index is 11.6. The Labute approximate surface area is 194 Å². The SMILES string of the molecule is CCCC(O)(Cc1cccc(OC)c1)[C@@H](O)[C@@](O)(Cc1cccc(OC)c1)[C@H](O)[C@@H](O)CO. The minimum atomic E-state index is -2.39. The third kappa shape index (κ3) is 6.44. The van der Waals surface area contributed by atoms with E-state index in [1.54, 1.807) is 48.5 Å². The number of ether oxygens (including phenoxy) is 2. The highest BCUT2D eigenvalue weighted by Gasteiger charge is 2.54. The molecule has 6 N–H and O–H groups in total. The van der Waals surface area contributed by atoms with Crippen LogP contribution < -0.4 is 9.47 Å². The monoisotopic (exact) mass is 464 g/mol. The van der Waals surface area contributed by atoms with Crippen LogP contribution in [-0.2, 0) is 12.8 Å². The van der Waals surface area contributed by atoms with Crippen LogP contribution in [0.4, 0.5) is 0 Å². The van der Waals surface area contributed by atoms with E-state index in [-0.39, 0.29) is 19.3 Å². The summed E-state index contributed by atoms with van der Waals surface area (Å²) in [6.45, 7) is 0.986. The number of aliphatic hydroxyl groups excluding tert-OH is 4. The van der Waals surface area contributed by atoms with Crippen molar-refractivity contribution in [2.24, 2.45) is 0 Å². The van der Waals surface area contributed by atoms with Crippen molar-refractivity contribution in [3.05, 3.63) is 59.7 Å². The molecule has 0 aliphatic rings. The molecule has 0 radical (unpaired) electrons. The summed E-state index contributed by atoms with van der Waals surface area (Å²) in [5, 5.41) is 64.9. The first-order chi connectivity index (χ1) is 15.6. The Bertz CT molecular complexity index is 875. The van der Waals surface area contributed by atoms with Gasteiger partial charge in [-0.05, 0) is 41.8 Å². The van der Waals surface area contributed by atoms with Gasteiger partial charge in [0.2, 0.25) is 0 Å². The average molecular weight is 465 g/mol. The summed E-state index contributed by atoms with van der Waals surface area (Å²) in [6.07, 6.45) is -5.33. The van der Waals surface area contributed by atoms with Crippen LogP contribution in [0.15, 0.2) is 48.5 Å². The van der Waals surface area contributed by atoms with Crippen LogP contribution in [0.3, 0.4) is 0 Å². The van der Waals surface area contributed by atoms with Crippen molar-refractivity contribution >= 4 is 0 Å². The topological polar surface area (TPSA) is 140 Å². The highest BCUT2D eigenvalue weighted by Crippen LogP contribution is 2.35. The van der Waals surface area contributed by atoms with Crippen LogP contribution in [0.5, 0.6) is 11.5 Å². The Morgan fingerprint density at radius 3 is 1.82 bits per heavy atom. The molecule has 8 nitrogen and oxygen atoms in total. The molecule has 184 valence electrons. The lowest BCUT2D eigenvalue weighted by molar-refractivity contribution is -0.230. The lowest BCUT2D eigenvalue weighted by Gasteiger charge is -2.46. The van der Waals surface area contributed by atoms with Crippen LogP contribution in [0.1, 0.15) is 30.9 Å². The van der Waals surface area contributed by atoms with Gasteiger partial charge in [0.25, 0.3) is 0 Å². The van der Waals surface area contributed by atoms with E-state index in [9.17, 15) is 30.6 Å². The second kappa shape index (κ2) is 11.8. The molecular formula is C25H36O8. The molecule has 0 aromatic heterocycles. The molecule has 8 heteroatoms. The van der Waals surface area contributed by atoms with Gasteiger partial charge in [-0.25, -0.2) is 0 Å². The van der Waals surface area contributed by atoms with E-state index >= 15 is 0 Å². The van der Waals surface area contributed by atoms with Gasteiger partial charge in [0, 0.05) is 12.8 Å². The van der Waals surface area contributed by atoms with E-state index in [2.05, 4.69) is 0 Å². The van der Waals surface area contributed by atoms with Crippen LogP contribution >= 0.6 is 0 Å². The van der Waals surface area contributed by atoms with E-state index in [1.807, 2.05) is 6.92 Å². The Morgan fingerprint density at radius 2 is 1.36 bits per heavy atom. The molecule has 5 atom stereocenters. The summed E-state index contributed by atoms with van der Waals surface area (Å²) in [7, 11) is 3.00. The molecule has 1 unspecified atom stereocenters. The molecule has 0 amide bonds. The zero-order valence-electron chi connectivity index (χ0n) is 19.4. The molecule has 0 spiro atoms. The fraction of sp³-hybridized carbons (Fsp3) is 0.520. The fourth-order valence-corrected chi connectivity index (χ4v) is 4.26. The Hall–Kier alpha value is -2.20. The van der Waals surface area contributed by atoms with Crippen LogP contribution in [0.2, 0.25) is 0 Å². The standard InChI is InChI=1S/C25H36O8/c1-4-11-24(30,14-17-7-5-9-19(12-17)32-2)23(29)25(31,22(28)21(27)16-26)15-18-8-6-10-20(13-18)33-3/h5-10,12-13,21-23,26-31H,4,11,14-16H2,1-3H3/t21-,22+,23+,24?,25+/m0/s1. The molecule has 0 heterocycles. The largest absolute Gasteiger partial charge is 0.497 e. The summed E-state index contributed by atoms with van der Waals surface area (Å²) in [5.41, 5.74) is -3.09. The van der Waals surface area contributed by atoms with Crippen molar-refractivity contribution in [1.29, 1.82) is 0 Å². The van der Waals surface area contributed by atoms with Crippen molar-refractivity contribution in [1.82, 2.24) is 0 Å². The summed E-state index contributed by atoms with van der Waals surface area (Å²) in [5.74, 6) is 1.07. The molecule has 33 heavy (non-hydrogen) atoms. The second-order valence-electron chi connectivity index (χ2n) is 8.50. The molecule has 0 fully saturated rings. The molecule has 0 bridgehead atoms. The maximum Gasteiger partial charge on any atom is 0.126 e. The Kier molecular flexibility index (Phi) is 9.66. The predicted molar refractivity (Wildman–Crippen MR) is 123 cm³/mol. The van der Waals surface area contributed by atoms with Gasteiger partial charge in [-0.2, -0.15) is 0 Å². The Morgan fingerprint density at radius 1 is 0.848 bits per heavy atom. The van der Waals surface area contributed by atoms with Gasteiger partial charge < -0.3 is 40.1 Å². The number of methoxy groups -OCH3 is 2. The third-order valence-electron chi connectivity index (χ3n) is 5.99. The highest BCUT2D eigenvalue weighted by molar-refractivity contribution is 5.32. The number of hydrogen-bond acceptors (Lipinski definition) is 8. The Balaban J connectivity index is 2.50. The van der Waals surface area contributed by atoms with Gasteiger partial charge in [-0.1, -0.05) is 37.6 Å². The van der Waals surface area contributed by atoms with Crippen LogP contribution in [-0.4, -0.2) is 81.0 Å². The number of hydrogen-bond donors (Lipinski definition) is 6. The van der Waals surface area contributed by atoms with Gasteiger partial charge in [0.05, 0.1) is 26.4 Å². The highest BCUT2D eigenvalue weighted by atomic mass is 16.5. The van der Waals surface area contributed by atoms with Gasteiger partial charge in [0.1, 0.15) is 35.4 Å². The first kappa shape index (κ1) is 27.0. The van der Waals surface area contributed by atoms with Gasteiger partial charge in [-0.15, -0.1) is 0 Å². The minimum absolute atomic E-state index is 0.0401. The number of benzene rings is 2. The zero-order valence-corrected chi connectivity index (χ0v) is 19.4. The van der Waals surface area contributed by atoms with E-state index in [0.717, 1.165) is 0 Å². The van der Waals surface area contributed by atoms with Crippen molar-refractivity contribution in [3.63, 3.8) is 0 Å². The van der Waals surface area contributed by atoms with Crippen molar-refractivity contribution in [2.45, 2.75) is 62.1 Å². The fourth-order valence-electron chi connectivity index (χ4n) is 4.26. The molecule has 0 aliphatic carbocycles.